The Labute approximate surface area is 87.4 Å². The molecule has 2 rings (SSSR count). The van der Waals surface area contributed by atoms with Crippen LogP contribution in [0.1, 0.15) is 5.56 Å². The number of rotatable bonds is 1. The van der Waals surface area contributed by atoms with E-state index in [0.29, 0.717) is 5.96 Å². The Morgan fingerprint density at radius 3 is 3.07 bits per heavy atom. The zero-order chi connectivity index (χ0) is 10.8. The van der Waals surface area contributed by atoms with Crippen LogP contribution >= 0.6 is 0 Å². The highest BCUT2D eigenvalue weighted by atomic mass is 15.1. The van der Waals surface area contributed by atoms with Gasteiger partial charge in [0.1, 0.15) is 0 Å². The molecule has 0 bridgehead atoms. The molecule has 15 heavy (non-hydrogen) atoms. The Balaban J connectivity index is 2.48. The van der Waals surface area contributed by atoms with Gasteiger partial charge in [0, 0.05) is 18.3 Å². The molecule has 0 aliphatic rings. The number of guanidine groups is 1. The summed E-state index contributed by atoms with van der Waals surface area (Å²) in [5, 5.41) is 3.02. The van der Waals surface area contributed by atoms with Crippen molar-refractivity contribution in [2.45, 2.75) is 6.92 Å². The second-order valence-electron chi connectivity index (χ2n) is 3.27. The number of aliphatic imine (C=N–C) groups is 1. The number of aryl methyl sites for hydroxylation is 1. The van der Waals surface area contributed by atoms with Gasteiger partial charge in [0.15, 0.2) is 5.96 Å². The second kappa shape index (κ2) is 3.61. The standard InChI is InChI=1S/C10H13N5/c1-6-7(15-10(11)12-2)3-4-8-9(6)14-5-13-8/h3-5H,1-2H3,(H,13,14)(H3,11,12,15). The molecule has 5 heteroatoms. The maximum absolute atomic E-state index is 5.60. The van der Waals surface area contributed by atoms with Crippen molar-refractivity contribution >= 4 is 22.7 Å². The molecule has 0 unspecified atom stereocenters. The number of aromatic nitrogens is 2. The fraction of sp³-hybridized carbons (Fsp3) is 0.200. The summed E-state index contributed by atoms with van der Waals surface area (Å²) >= 11 is 0. The second-order valence-corrected chi connectivity index (χ2v) is 3.27. The van der Waals surface area contributed by atoms with E-state index in [1.807, 2.05) is 19.1 Å². The van der Waals surface area contributed by atoms with Crippen LogP contribution in [-0.4, -0.2) is 23.0 Å². The molecule has 1 aromatic carbocycles. The van der Waals surface area contributed by atoms with E-state index in [-0.39, 0.29) is 0 Å². The van der Waals surface area contributed by atoms with Gasteiger partial charge in [0.25, 0.3) is 0 Å². The van der Waals surface area contributed by atoms with Crippen molar-refractivity contribution in [1.29, 1.82) is 0 Å². The minimum absolute atomic E-state index is 0.396. The van der Waals surface area contributed by atoms with E-state index >= 15 is 0 Å². The van der Waals surface area contributed by atoms with E-state index in [2.05, 4.69) is 20.3 Å². The van der Waals surface area contributed by atoms with Crippen LogP contribution in [0.25, 0.3) is 11.0 Å². The van der Waals surface area contributed by atoms with E-state index in [1.165, 1.54) is 0 Å². The summed E-state index contributed by atoms with van der Waals surface area (Å²) in [6.45, 7) is 1.99. The first kappa shape index (κ1) is 9.51. The smallest absolute Gasteiger partial charge is 0.192 e. The van der Waals surface area contributed by atoms with Gasteiger partial charge < -0.3 is 16.0 Å². The molecule has 0 saturated heterocycles. The molecule has 2 aromatic rings. The predicted molar refractivity (Wildman–Crippen MR) is 62.0 cm³/mol. The van der Waals surface area contributed by atoms with Gasteiger partial charge >= 0.3 is 0 Å². The van der Waals surface area contributed by atoms with Gasteiger partial charge in [-0.1, -0.05) is 0 Å². The first-order valence-corrected chi connectivity index (χ1v) is 4.64. The number of H-pyrrole nitrogens is 1. The molecular formula is C10H13N5. The minimum atomic E-state index is 0.396. The number of benzene rings is 1. The Morgan fingerprint density at radius 2 is 2.33 bits per heavy atom. The average molecular weight is 203 g/mol. The largest absolute Gasteiger partial charge is 0.370 e. The monoisotopic (exact) mass is 203 g/mol. The number of hydrogen-bond acceptors (Lipinski definition) is 2. The number of hydrogen-bond donors (Lipinski definition) is 3. The number of nitrogens with one attached hydrogen (secondary N) is 2. The summed E-state index contributed by atoms with van der Waals surface area (Å²) in [5.41, 5.74) is 9.55. The third-order valence-electron chi connectivity index (χ3n) is 2.35. The number of nitrogens with zero attached hydrogens (tertiary/aromatic N) is 2. The number of aromatic amines is 1. The Kier molecular flexibility index (Phi) is 2.29. The van der Waals surface area contributed by atoms with E-state index < -0.39 is 0 Å². The van der Waals surface area contributed by atoms with Crippen molar-refractivity contribution in [2.75, 3.05) is 12.4 Å². The highest BCUT2D eigenvalue weighted by molar-refractivity contribution is 5.96. The van der Waals surface area contributed by atoms with E-state index in [9.17, 15) is 0 Å². The molecule has 78 valence electrons. The molecule has 0 aliphatic carbocycles. The molecule has 0 fully saturated rings. The molecular weight excluding hydrogens is 190 g/mol. The molecule has 0 amide bonds. The van der Waals surface area contributed by atoms with Crippen LogP contribution in [0.5, 0.6) is 0 Å². The SMILES string of the molecule is CN=C(N)Nc1ccc2[nH]cnc2c1C. The van der Waals surface area contributed by atoms with Crippen molar-refractivity contribution in [1.82, 2.24) is 9.97 Å². The average Bonchev–Trinajstić information content (AvgIpc) is 2.70. The highest BCUT2D eigenvalue weighted by Crippen LogP contribution is 2.22. The van der Waals surface area contributed by atoms with Gasteiger partial charge in [-0.3, -0.25) is 4.99 Å². The Morgan fingerprint density at radius 1 is 1.53 bits per heavy atom. The lowest BCUT2D eigenvalue weighted by Crippen LogP contribution is -2.22. The van der Waals surface area contributed by atoms with Gasteiger partial charge in [-0.2, -0.15) is 0 Å². The number of nitrogens with two attached hydrogens (primary N) is 1. The quantitative estimate of drug-likeness (QED) is 0.481. The van der Waals surface area contributed by atoms with Crippen molar-refractivity contribution in [3.05, 3.63) is 24.0 Å². The van der Waals surface area contributed by atoms with Crippen LogP contribution in [0, 0.1) is 6.92 Å². The highest BCUT2D eigenvalue weighted by Gasteiger charge is 2.05. The van der Waals surface area contributed by atoms with Crippen LogP contribution in [0.3, 0.4) is 0 Å². The Hall–Kier alpha value is -2.04. The van der Waals surface area contributed by atoms with Gasteiger partial charge in [0.05, 0.1) is 17.4 Å². The summed E-state index contributed by atoms with van der Waals surface area (Å²) in [4.78, 5) is 11.1. The van der Waals surface area contributed by atoms with E-state index in [1.54, 1.807) is 13.4 Å². The Bertz CT molecular complexity index is 512. The molecule has 1 heterocycles. The molecule has 0 atom stereocenters. The zero-order valence-electron chi connectivity index (χ0n) is 8.70. The van der Waals surface area contributed by atoms with Gasteiger partial charge in [0.2, 0.25) is 0 Å². The fourth-order valence-corrected chi connectivity index (χ4v) is 1.48. The minimum Gasteiger partial charge on any atom is -0.370 e. The summed E-state index contributed by atoms with van der Waals surface area (Å²) in [5.74, 6) is 0.396. The van der Waals surface area contributed by atoms with Gasteiger partial charge in [-0.15, -0.1) is 0 Å². The first-order valence-electron chi connectivity index (χ1n) is 4.64. The molecule has 0 aliphatic heterocycles. The van der Waals surface area contributed by atoms with Crippen LogP contribution in [0.4, 0.5) is 5.69 Å². The molecule has 0 radical (unpaired) electrons. The van der Waals surface area contributed by atoms with E-state index in [4.69, 9.17) is 5.73 Å². The number of anilines is 1. The molecule has 0 saturated carbocycles. The lowest BCUT2D eigenvalue weighted by atomic mass is 10.1. The van der Waals surface area contributed by atoms with Crippen LogP contribution in [0.2, 0.25) is 0 Å². The topological polar surface area (TPSA) is 79.1 Å². The third-order valence-corrected chi connectivity index (χ3v) is 2.35. The maximum atomic E-state index is 5.60. The molecule has 4 N–H and O–H groups in total. The van der Waals surface area contributed by atoms with Crippen molar-refractivity contribution < 1.29 is 0 Å². The van der Waals surface area contributed by atoms with Crippen LogP contribution < -0.4 is 11.1 Å². The first-order chi connectivity index (χ1) is 7.22. The van der Waals surface area contributed by atoms with E-state index in [0.717, 1.165) is 22.3 Å². The van der Waals surface area contributed by atoms with Gasteiger partial charge in [-0.25, -0.2) is 4.98 Å². The molecule has 5 nitrogen and oxygen atoms in total. The summed E-state index contributed by atoms with van der Waals surface area (Å²) in [6.07, 6.45) is 1.68. The predicted octanol–water partition coefficient (Wildman–Crippen LogP) is 1.23. The van der Waals surface area contributed by atoms with Crippen molar-refractivity contribution in [2.24, 2.45) is 10.7 Å². The number of imidazole rings is 1. The maximum Gasteiger partial charge on any atom is 0.192 e. The lowest BCUT2D eigenvalue weighted by molar-refractivity contribution is 1.33. The summed E-state index contributed by atoms with van der Waals surface area (Å²) in [6, 6.07) is 3.91. The number of fused-ring (bicyclic) bond motifs is 1. The fourth-order valence-electron chi connectivity index (χ4n) is 1.48. The van der Waals surface area contributed by atoms with Crippen LogP contribution in [-0.2, 0) is 0 Å². The molecule has 0 spiro atoms. The normalized spacial score (nSPS) is 12.0. The zero-order valence-corrected chi connectivity index (χ0v) is 8.70. The summed E-state index contributed by atoms with van der Waals surface area (Å²) < 4.78 is 0. The van der Waals surface area contributed by atoms with Gasteiger partial charge in [-0.05, 0) is 19.1 Å². The van der Waals surface area contributed by atoms with Crippen molar-refractivity contribution in [3.63, 3.8) is 0 Å². The third kappa shape index (κ3) is 1.63. The van der Waals surface area contributed by atoms with Crippen molar-refractivity contribution in [3.8, 4) is 0 Å². The lowest BCUT2D eigenvalue weighted by Gasteiger charge is -2.08. The van der Waals surface area contributed by atoms with Crippen LogP contribution in [0.15, 0.2) is 23.5 Å². The summed E-state index contributed by atoms with van der Waals surface area (Å²) in [7, 11) is 1.64. The molecule has 1 aromatic heterocycles.